The van der Waals surface area contributed by atoms with E-state index in [0.717, 1.165) is 13.0 Å². The number of carbonyl (C=O) groups excluding carboxylic acids is 1. The first-order valence-electron chi connectivity index (χ1n) is 5.77. The molecule has 94 valence electrons. The Labute approximate surface area is 99.6 Å². The van der Waals surface area contributed by atoms with Crippen LogP contribution in [0.25, 0.3) is 0 Å². The van der Waals surface area contributed by atoms with E-state index in [-0.39, 0.29) is 12.0 Å². The molecular weight excluding hydrogens is 222 g/mol. The van der Waals surface area contributed by atoms with E-state index in [9.17, 15) is 9.90 Å². The summed E-state index contributed by atoms with van der Waals surface area (Å²) in [4.78, 5) is 13.7. The maximum Gasteiger partial charge on any atom is 0.226 e. The number of nitrogens with one attached hydrogen (secondary N) is 1. The molecule has 1 aromatic heterocycles. The maximum atomic E-state index is 11.6. The van der Waals surface area contributed by atoms with Gasteiger partial charge in [0, 0.05) is 32.1 Å². The van der Waals surface area contributed by atoms with E-state index in [1.165, 1.54) is 0 Å². The molecule has 0 spiro atoms. The highest BCUT2D eigenvalue weighted by Crippen LogP contribution is 2.10. The fourth-order valence-electron chi connectivity index (χ4n) is 1.91. The molecule has 1 aromatic rings. The molecule has 1 aliphatic rings. The molecule has 2 heterocycles. The van der Waals surface area contributed by atoms with Crippen molar-refractivity contribution in [2.45, 2.75) is 25.9 Å². The lowest BCUT2D eigenvalue weighted by atomic mass is 10.3. The van der Waals surface area contributed by atoms with Gasteiger partial charge in [-0.25, -0.2) is 0 Å². The van der Waals surface area contributed by atoms with Crippen molar-refractivity contribution in [2.24, 2.45) is 0 Å². The van der Waals surface area contributed by atoms with Gasteiger partial charge in [-0.2, -0.15) is 0 Å². The van der Waals surface area contributed by atoms with Crippen molar-refractivity contribution in [1.29, 1.82) is 0 Å². The monoisotopic (exact) mass is 239 g/mol. The van der Waals surface area contributed by atoms with E-state index in [4.69, 9.17) is 4.52 Å². The number of aliphatic hydroxyl groups excluding tert-OH is 1. The average molecular weight is 239 g/mol. The van der Waals surface area contributed by atoms with Crippen LogP contribution in [0.3, 0.4) is 0 Å². The standard InChI is InChI=1S/C11H17N3O3/c1-8-6-10(13-17-8)12-11(16)3-5-14-4-2-9(15)7-14/h6,9,15H,2-5,7H2,1H3,(H,12,13,16)/t9-/m1/s1. The Hall–Kier alpha value is -1.40. The summed E-state index contributed by atoms with van der Waals surface area (Å²) in [6, 6.07) is 1.68. The first kappa shape index (κ1) is 12.1. The second kappa shape index (κ2) is 5.29. The zero-order chi connectivity index (χ0) is 12.3. The van der Waals surface area contributed by atoms with Crippen LogP contribution in [0.5, 0.6) is 0 Å². The number of anilines is 1. The van der Waals surface area contributed by atoms with Gasteiger partial charge in [0.05, 0.1) is 6.10 Å². The van der Waals surface area contributed by atoms with Gasteiger partial charge in [0.15, 0.2) is 5.82 Å². The van der Waals surface area contributed by atoms with Crippen molar-refractivity contribution in [3.8, 4) is 0 Å². The Bertz CT molecular complexity index is 391. The summed E-state index contributed by atoms with van der Waals surface area (Å²) in [5.74, 6) is 1.04. The molecular formula is C11H17N3O3. The predicted octanol–water partition coefficient (Wildman–Crippen LogP) is 0.378. The quantitative estimate of drug-likeness (QED) is 0.794. The molecule has 2 rings (SSSR count). The summed E-state index contributed by atoms with van der Waals surface area (Å²) in [5.41, 5.74) is 0. The van der Waals surface area contributed by atoms with Crippen LogP contribution in [-0.4, -0.2) is 46.8 Å². The van der Waals surface area contributed by atoms with Crippen LogP contribution in [0, 0.1) is 6.92 Å². The molecule has 1 amide bonds. The minimum atomic E-state index is -0.240. The normalized spacial score (nSPS) is 20.7. The van der Waals surface area contributed by atoms with Gasteiger partial charge in [-0.3, -0.25) is 4.79 Å². The van der Waals surface area contributed by atoms with Gasteiger partial charge in [0.1, 0.15) is 5.76 Å². The molecule has 1 fully saturated rings. The number of aliphatic hydroxyl groups is 1. The van der Waals surface area contributed by atoms with Crippen molar-refractivity contribution in [1.82, 2.24) is 10.1 Å². The molecule has 0 unspecified atom stereocenters. The van der Waals surface area contributed by atoms with Crippen LogP contribution >= 0.6 is 0 Å². The van der Waals surface area contributed by atoms with Crippen LogP contribution in [0.4, 0.5) is 5.82 Å². The van der Waals surface area contributed by atoms with Gasteiger partial charge in [0.2, 0.25) is 5.91 Å². The highest BCUT2D eigenvalue weighted by Gasteiger charge is 2.20. The van der Waals surface area contributed by atoms with Crippen LogP contribution < -0.4 is 5.32 Å². The number of carbonyl (C=O) groups is 1. The summed E-state index contributed by atoms with van der Waals surface area (Å²) in [6.07, 6.45) is 0.958. The van der Waals surface area contributed by atoms with Gasteiger partial charge in [-0.1, -0.05) is 5.16 Å². The minimum absolute atomic E-state index is 0.0836. The van der Waals surface area contributed by atoms with Crippen molar-refractivity contribution in [2.75, 3.05) is 25.0 Å². The molecule has 1 atom stereocenters. The van der Waals surface area contributed by atoms with Gasteiger partial charge >= 0.3 is 0 Å². The fraction of sp³-hybridized carbons (Fsp3) is 0.636. The molecule has 2 N–H and O–H groups in total. The second-order valence-corrected chi connectivity index (χ2v) is 4.36. The van der Waals surface area contributed by atoms with Crippen LogP contribution in [0.2, 0.25) is 0 Å². The van der Waals surface area contributed by atoms with E-state index in [1.807, 2.05) is 0 Å². The lowest BCUT2D eigenvalue weighted by Crippen LogP contribution is -2.26. The fourth-order valence-corrected chi connectivity index (χ4v) is 1.91. The number of hydrogen-bond donors (Lipinski definition) is 2. The average Bonchev–Trinajstić information content (AvgIpc) is 2.85. The van der Waals surface area contributed by atoms with Gasteiger partial charge in [-0.15, -0.1) is 0 Å². The zero-order valence-corrected chi connectivity index (χ0v) is 9.85. The topological polar surface area (TPSA) is 78.6 Å². The van der Waals surface area contributed by atoms with Crippen molar-refractivity contribution >= 4 is 11.7 Å². The third-order valence-corrected chi connectivity index (χ3v) is 2.80. The summed E-state index contributed by atoms with van der Waals surface area (Å²) in [7, 11) is 0. The van der Waals surface area contributed by atoms with E-state index < -0.39 is 0 Å². The van der Waals surface area contributed by atoms with Crippen LogP contribution in [0.15, 0.2) is 10.6 Å². The molecule has 0 saturated carbocycles. The molecule has 1 saturated heterocycles. The van der Waals surface area contributed by atoms with Gasteiger partial charge in [0.25, 0.3) is 0 Å². The van der Waals surface area contributed by atoms with Crippen LogP contribution in [-0.2, 0) is 4.79 Å². The summed E-state index contributed by atoms with van der Waals surface area (Å²) in [5, 5.41) is 15.7. The molecule has 6 nitrogen and oxygen atoms in total. The SMILES string of the molecule is Cc1cc(NC(=O)CCN2CC[C@@H](O)C2)no1. The molecule has 6 heteroatoms. The molecule has 0 aliphatic carbocycles. The lowest BCUT2D eigenvalue weighted by molar-refractivity contribution is -0.116. The number of β-amino-alcohol motifs (C(OH)–C–C–N with tert-alkyl or cyclic N) is 1. The molecule has 17 heavy (non-hydrogen) atoms. The van der Waals surface area contributed by atoms with Gasteiger partial charge < -0.3 is 19.8 Å². The largest absolute Gasteiger partial charge is 0.392 e. The summed E-state index contributed by atoms with van der Waals surface area (Å²) >= 11 is 0. The Morgan fingerprint density at radius 2 is 2.59 bits per heavy atom. The number of likely N-dealkylation sites (tertiary alicyclic amines) is 1. The van der Waals surface area contributed by atoms with E-state index >= 15 is 0 Å². The number of hydrogen-bond acceptors (Lipinski definition) is 5. The Kier molecular flexibility index (Phi) is 3.75. The lowest BCUT2D eigenvalue weighted by Gasteiger charge is -2.13. The zero-order valence-electron chi connectivity index (χ0n) is 9.85. The smallest absolute Gasteiger partial charge is 0.226 e. The highest BCUT2D eigenvalue weighted by molar-refractivity contribution is 5.89. The van der Waals surface area contributed by atoms with Crippen molar-refractivity contribution < 1.29 is 14.4 Å². The highest BCUT2D eigenvalue weighted by atomic mass is 16.5. The second-order valence-electron chi connectivity index (χ2n) is 4.36. The van der Waals surface area contributed by atoms with E-state index in [1.54, 1.807) is 13.0 Å². The predicted molar refractivity (Wildman–Crippen MR) is 61.6 cm³/mol. The number of amides is 1. The molecule has 1 aliphatic heterocycles. The first-order chi connectivity index (χ1) is 8.13. The van der Waals surface area contributed by atoms with Crippen LogP contribution in [0.1, 0.15) is 18.6 Å². The minimum Gasteiger partial charge on any atom is -0.392 e. The van der Waals surface area contributed by atoms with E-state index in [2.05, 4.69) is 15.4 Å². The van der Waals surface area contributed by atoms with E-state index in [0.29, 0.717) is 31.1 Å². The number of nitrogens with zero attached hydrogens (tertiary/aromatic N) is 2. The Balaban J connectivity index is 1.71. The van der Waals surface area contributed by atoms with Crippen molar-refractivity contribution in [3.63, 3.8) is 0 Å². The third-order valence-electron chi connectivity index (χ3n) is 2.80. The Morgan fingerprint density at radius 3 is 3.18 bits per heavy atom. The number of aryl methyl sites for hydroxylation is 1. The summed E-state index contributed by atoms with van der Waals surface area (Å²) < 4.78 is 4.85. The summed E-state index contributed by atoms with van der Waals surface area (Å²) in [6.45, 7) is 3.96. The maximum absolute atomic E-state index is 11.6. The molecule has 0 aromatic carbocycles. The third kappa shape index (κ3) is 3.54. The molecule has 0 radical (unpaired) electrons. The van der Waals surface area contributed by atoms with Crippen molar-refractivity contribution in [3.05, 3.63) is 11.8 Å². The number of aromatic nitrogens is 1. The molecule has 0 bridgehead atoms. The first-order valence-corrected chi connectivity index (χ1v) is 5.77. The number of rotatable bonds is 4. The Morgan fingerprint density at radius 1 is 1.76 bits per heavy atom. The van der Waals surface area contributed by atoms with Gasteiger partial charge in [-0.05, 0) is 13.3 Å².